The Kier molecular flexibility index (Phi) is 3.25. The van der Waals surface area contributed by atoms with Crippen LogP contribution in [-0.4, -0.2) is 20.2 Å². The summed E-state index contributed by atoms with van der Waals surface area (Å²) < 4.78 is 0. The Balaban J connectivity index is 1.85. The van der Waals surface area contributed by atoms with Crippen LogP contribution in [0, 0.1) is 13.8 Å². The fraction of sp³-hybridized carbons (Fsp3) is 0.200. The van der Waals surface area contributed by atoms with Crippen LogP contribution in [0.4, 0.5) is 5.95 Å². The van der Waals surface area contributed by atoms with E-state index >= 15 is 0 Å². The van der Waals surface area contributed by atoms with Crippen LogP contribution >= 0.6 is 0 Å². The van der Waals surface area contributed by atoms with E-state index in [-0.39, 0.29) is 0 Å². The van der Waals surface area contributed by atoms with Crippen molar-refractivity contribution in [3.05, 3.63) is 53.5 Å². The zero-order valence-corrected chi connectivity index (χ0v) is 11.5. The van der Waals surface area contributed by atoms with E-state index in [0.29, 0.717) is 12.5 Å². The number of aromatic nitrogens is 4. The molecule has 0 aliphatic heterocycles. The van der Waals surface area contributed by atoms with Crippen LogP contribution in [0.15, 0.2) is 36.5 Å². The van der Waals surface area contributed by atoms with E-state index in [2.05, 4.69) is 43.7 Å². The minimum absolute atomic E-state index is 0.543. The van der Waals surface area contributed by atoms with Gasteiger partial charge in [0.25, 0.3) is 0 Å². The van der Waals surface area contributed by atoms with Gasteiger partial charge in [0.05, 0.1) is 16.9 Å². The van der Waals surface area contributed by atoms with Gasteiger partial charge in [-0.2, -0.15) is 5.10 Å². The number of benzene rings is 1. The summed E-state index contributed by atoms with van der Waals surface area (Å²) in [6.07, 6.45) is 1.81. The molecule has 20 heavy (non-hydrogen) atoms. The molecule has 2 aromatic heterocycles. The topological polar surface area (TPSA) is 63.6 Å². The zero-order chi connectivity index (χ0) is 13.9. The smallest absolute Gasteiger partial charge is 0.243 e. The second kappa shape index (κ2) is 5.21. The van der Waals surface area contributed by atoms with E-state index in [4.69, 9.17) is 0 Å². The number of hydrogen-bond donors (Lipinski definition) is 1. The molecule has 0 spiro atoms. The average molecular weight is 265 g/mol. The minimum Gasteiger partial charge on any atom is -0.349 e. The molecule has 0 saturated carbocycles. The summed E-state index contributed by atoms with van der Waals surface area (Å²) in [7, 11) is 0. The quantitative estimate of drug-likeness (QED) is 0.788. The Labute approximate surface area is 117 Å². The Morgan fingerprint density at radius 2 is 1.85 bits per heavy atom. The van der Waals surface area contributed by atoms with E-state index < -0.39 is 0 Å². The Morgan fingerprint density at radius 3 is 2.70 bits per heavy atom. The van der Waals surface area contributed by atoms with E-state index in [1.165, 1.54) is 0 Å². The summed E-state index contributed by atoms with van der Waals surface area (Å²) in [5.41, 5.74) is 3.85. The number of hydrogen-bond acceptors (Lipinski definition) is 5. The Bertz CT molecular complexity index is 749. The van der Waals surface area contributed by atoms with Gasteiger partial charge in [0.15, 0.2) is 0 Å². The van der Waals surface area contributed by atoms with E-state index in [1.54, 1.807) is 6.20 Å². The number of para-hydroxylation sites is 1. The van der Waals surface area contributed by atoms with Gasteiger partial charge in [-0.3, -0.25) is 4.98 Å². The molecule has 2 heterocycles. The molecular weight excluding hydrogens is 250 g/mol. The van der Waals surface area contributed by atoms with Crippen molar-refractivity contribution in [2.24, 2.45) is 0 Å². The fourth-order valence-corrected chi connectivity index (χ4v) is 2.02. The van der Waals surface area contributed by atoms with E-state index in [1.807, 2.05) is 26.0 Å². The first kappa shape index (κ1) is 12.5. The molecule has 0 fully saturated rings. The number of fused-ring (bicyclic) bond motifs is 1. The molecule has 0 aliphatic carbocycles. The molecule has 1 aromatic carbocycles. The van der Waals surface area contributed by atoms with Crippen LogP contribution in [0.3, 0.4) is 0 Å². The predicted molar refractivity (Wildman–Crippen MR) is 78.4 cm³/mol. The van der Waals surface area contributed by atoms with Crippen LogP contribution in [0.25, 0.3) is 10.9 Å². The van der Waals surface area contributed by atoms with Crippen molar-refractivity contribution in [3.63, 3.8) is 0 Å². The molecule has 1 N–H and O–H groups in total. The molecule has 3 rings (SSSR count). The van der Waals surface area contributed by atoms with Crippen LogP contribution < -0.4 is 5.32 Å². The predicted octanol–water partition coefficient (Wildman–Crippen LogP) is 2.65. The van der Waals surface area contributed by atoms with Crippen molar-refractivity contribution in [2.75, 3.05) is 5.32 Å². The molecule has 5 nitrogen and oxygen atoms in total. The van der Waals surface area contributed by atoms with Crippen molar-refractivity contribution in [2.45, 2.75) is 20.4 Å². The van der Waals surface area contributed by atoms with Gasteiger partial charge >= 0.3 is 0 Å². The van der Waals surface area contributed by atoms with Crippen LogP contribution in [0.2, 0.25) is 0 Å². The lowest BCUT2D eigenvalue weighted by Crippen LogP contribution is -2.07. The molecule has 100 valence electrons. The van der Waals surface area contributed by atoms with Crippen molar-refractivity contribution < 1.29 is 0 Å². The molecular formula is C15H15N5. The molecule has 0 amide bonds. The lowest BCUT2D eigenvalue weighted by atomic mass is 10.1. The number of aryl methyl sites for hydroxylation is 2. The second-order valence-electron chi connectivity index (χ2n) is 4.65. The van der Waals surface area contributed by atoms with Gasteiger partial charge in [-0.25, -0.2) is 4.98 Å². The number of pyridine rings is 1. The maximum Gasteiger partial charge on any atom is 0.243 e. The van der Waals surface area contributed by atoms with E-state index in [9.17, 15) is 0 Å². The molecule has 0 unspecified atom stereocenters. The number of anilines is 1. The molecule has 0 bridgehead atoms. The first-order valence-corrected chi connectivity index (χ1v) is 6.48. The van der Waals surface area contributed by atoms with Crippen LogP contribution in [0.5, 0.6) is 0 Å². The SMILES string of the molecule is Cc1nnc(NCc2cccc3cccnc23)nc1C. The molecule has 0 radical (unpaired) electrons. The van der Waals surface area contributed by atoms with Gasteiger partial charge < -0.3 is 5.32 Å². The van der Waals surface area contributed by atoms with Crippen molar-refractivity contribution in [1.82, 2.24) is 20.2 Å². The summed E-state index contributed by atoms with van der Waals surface area (Å²) in [6.45, 7) is 4.45. The van der Waals surface area contributed by atoms with Gasteiger partial charge in [-0.15, -0.1) is 5.10 Å². The third-order valence-electron chi connectivity index (χ3n) is 3.25. The fourth-order valence-electron chi connectivity index (χ4n) is 2.02. The highest BCUT2D eigenvalue weighted by molar-refractivity contribution is 5.81. The van der Waals surface area contributed by atoms with Gasteiger partial charge in [-0.05, 0) is 25.5 Å². The Morgan fingerprint density at radius 1 is 1.00 bits per heavy atom. The van der Waals surface area contributed by atoms with Crippen molar-refractivity contribution >= 4 is 16.9 Å². The number of rotatable bonds is 3. The summed E-state index contributed by atoms with van der Waals surface area (Å²) in [5, 5.41) is 12.4. The van der Waals surface area contributed by atoms with Gasteiger partial charge in [-0.1, -0.05) is 24.3 Å². The second-order valence-corrected chi connectivity index (χ2v) is 4.65. The highest BCUT2D eigenvalue weighted by Crippen LogP contribution is 2.16. The van der Waals surface area contributed by atoms with E-state index in [0.717, 1.165) is 27.9 Å². The van der Waals surface area contributed by atoms with Crippen LogP contribution in [-0.2, 0) is 6.54 Å². The van der Waals surface area contributed by atoms with Gasteiger partial charge in [0, 0.05) is 18.1 Å². The molecule has 0 aliphatic rings. The lowest BCUT2D eigenvalue weighted by Gasteiger charge is -2.08. The number of nitrogens with one attached hydrogen (secondary N) is 1. The van der Waals surface area contributed by atoms with Crippen LogP contribution in [0.1, 0.15) is 17.0 Å². The van der Waals surface area contributed by atoms with Gasteiger partial charge in [0.2, 0.25) is 5.95 Å². The van der Waals surface area contributed by atoms with Crippen molar-refractivity contribution in [1.29, 1.82) is 0 Å². The largest absolute Gasteiger partial charge is 0.349 e. The average Bonchev–Trinajstić information content (AvgIpc) is 2.48. The first-order chi connectivity index (χ1) is 9.74. The lowest BCUT2D eigenvalue weighted by molar-refractivity contribution is 0.886. The normalized spacial score (nSPS) is 10.7. The highest BCUT2D eigenvalue weighted by atomic mass is 15.2. The third-order valence-corrected chi connectivity index (χ3v) is 3.25. The maximum absolute atomic E-state index is 4.43. The summed E-state index contributed by atoms with van der Waals surface area (Å²) in [6, 6.07) is 10.1. The monoisotopic (exact) mass is 265 g/mol. The number of nitrogens with zero attached hydrogens (tertiary/aromatic N) is 4. The molecule has 3 aromatic rings. The summed E-state index contributed by atoms with van der Waals surface area (Å²) >= 11 is 0. The summed E-state index contributed by atoms with van der Waals surface area (Å²) in [4.78, 5) is 8.79. The Hall–Kier alpha value is -2.56. The van der Waals surface area contributed by atoms with Gasteiger partial charge in [0.1, 0.15) is 0 Å². The molecule has 5 heteroatoms. The highest BCUT2D eigenvalue weighted by Gasteiger charge is 2.04. The standard InChI is InChI=1S/C15H15N5/c1-10-11(2)19-20-15(18-10)17-9-13-6-3-5-12-7-4-8-16-14(12)13/h3-8H,9H2,1-2H3,(H,17,18,20). The third kappa shape index (κ3) is 2.42. The van der Waals surface area contributed by atoms with Crippen molar-refractivity contribution in [3.8, 4) is 0 Å². The minimum atomic E-state index is 0.543. The maximum atomic E-state index is 4.43. The summed E-state index contributed by atoms with van der Waals surface area (Å²) in [5.74, 6) is 0.543. The molecule has 0 atom stereocenters. The molecule has 0 saturated heterocycles. The zero-order valence-electron chi connectivity index (χ0n) is 11.5. The first-order valence-electron chi connectivity index (χ1n) is 6.48.